The van der Waals surface area contributed by atoms with Crippen molar-refractivity contribution in [2.45, 2.75) is 18.6 Å². The third-order valence-electron chi connectivity index (χ3n) is 6.80. The largest absolute Gasteiger partial charge is 0.497 e. The van der Waals surface area contributed by atoms with Crippen LogP contribution in [0.3, 0.4) is 0 Å². The van der Waals surface area contributed by atoms with Crippen LogP contribution in [0, 0.1) is 0 Å². The Kier molecular flexibility index (Phi) is 5.87. The molecule has 1 N–H and O–H groups in total. The van der Waals surface area contributed by atoms with Gasteiger partial charge in [0.2, 0.25) is 0 Å². The predicted molar refractivity (Wildman–Crippen MR) is 147 cm³/mol. The lowest BCUT2D eigenvalue weighted by atomic mass is 10.0. The van der Waals surface area contributed by atoms with E-state index in [2.05, 4.69) is 98.8 Å². The summed E-state index contributed by atoms with van der Waals surface area (Å²) in [6.45, 7) is 0.673. The fourth-order valence-corrected chi connectivity index (χ4v) is 5.33. The summed E-state index contributed by atoms with van der Waals surface area (Å²) in [7, 11) is 1.68. The van der Waals surface area contributed by atoms with E-state index in [-0.39, 0.29) is 12.1 Å². The van der Waals surface area contributed by atoms with E-state index in [1.54, 1.807) is 7.11 Å². The van der Waals surface area contributed by atoms with Crippen LogP contribution in [0.15, 0.2) is 109 Å². The maximum absolute atomic E-state index is 5.89. The molecule has 0 spiro atoms. The van der Waals surface area contributed by atoms with Crippen molar-refractivity contribution in [3.05, 3.63) is 126 Å². The van der Waals surface area contributed by atoms with E-state index < -0.39 is 0 Å². The first-order chi connectivity index (χ1) is 17.7. The first kappa shape index (κ1) is 22.3. The van der Waals surface area contributed by atoms with Gasteiger partial charge in [0.05, 0.1) is 24.9 Å². The summed E-state index contributed by atoms with van der Waals surface area (Å²) in [5.74, 6) is 0.842. The van der Waals surface area contributed by atoms with Gasteiger partial charge in [-0.1, -0.05) is 48.5 Å². The molecule has 2 unspecified atom stereocenters. The molecular formula is C30H26N4OS. The van der Waals surface area contributed by atoms with Crippen molar-refractivity contribution in [3.63, 3.8) is 0 Å². The zero-order chi connectivity index (χ0) is 24.5. The van der Waals surface area contributed by atoms with Crippen LogP contribution >= 0.6 is 12.2 Å². The highest BCUT2D eigenvalue weighted by molar-refractivity contribution is 7.80. The summed E-state index contributed by atoms with van der Waals surface area (Å²) in [4.78, 5) is 6.96. The molecule has 0 amide bonds. The molecule has 0 radical (unpaired) electrons. The molecular weight excluding hydrogens is 464 g/mol. The first-order valence-electron chi connectivity index (χ1n) is 12.0. The number of nitrogens with one attached hydrogen (secondary N) is 1. The fraction of sp³-hybridized carbons (Fsp3) is 0.133. The molecule has 6 heteroatoms. The summed E-state index contributed by atoms with van der Waals surface area (Å²) in [6.07, 6.45) is 3.97. The predicted octanol–water partition coefficient (Wildman–Crippen LogP) is 6.21. The normalized spacial score (nSPS) is 17.4. The molecule has 36 heavy (non-hydrogen) atoms. The number of rotatable bonds is 6. The first-order valence-corrected chi connectivity index (χ1v) is 12.4. The lowest BCUT2D eigenvalue weighted by molar-refractivity contribution is 0.302. The summed E-state index contributed by atoms with van der Waals surface area (Å²) in [5, 5.41) is 6.73. The van der Waals surface area contributed by atoms with E-state index >= 15 is 0 Å². The number of hydrogen-bond donors (Lipinski definition) is 1. The maximum atomic E-state index is 5.89. The SMILES string of the molecule is COc1ccc(CN2C(=S)NC(c3ccccn3)C2c2cccn2-c2ccc3ccccc3c2)cc1. The van der Waals surface area contributed by atoms with Crippen LogP contribution in [0.2, 0.25) is 0 Å². The van der Waals surface area contributed by atoms with Gasteiger partial charge in [0.25, 0.3) is 0 Å². The third kappa shape index (κ3) is 4.10. The van der Waals surface area contributed by atoms with Crippen LogP contribution in [0.5, 0.6) is 5.75 Å². The van der Waals surface area contributed by atoms with E-state index in [9.17, 15) is 0 Å². The molecule has 0 saturated carbocycles. The number of fused-ring (bicyclic) bond motifs is 1. The van der Waals surface area contributed by atoms with E-state index in [4.69, 9.17) is 17.0 Å². The van der Waals surface area contributed by atoms with Gasteiger partial charge in [0.15, 0.2) is 5.11 Å². The number of nitrogens with zero attached hydrogens (tertiary/aromatic N) is 3. The monoisotopic (exact) mass is 490 g/mol. The molecule has 1 saturated heterocycles. The molecule has 5 aromatic rings. The summed E-state index contributed by atoms with van der Waals surface area (Å²) in [6, 6.07) is 33.4. The second kappa shape index (κ2) is 9.47. The molecule has 3 heterocycles. The summed E-state index contributed by atoms with van der Waals surface area (Å²) < 4.78 is 7.61. The zero-order valence-electron chi connectivity index (χ0n) is 19.9. The van der Waals surface area contributed by atoms with Crippen LogP contribution in [0.1, 0.15) is 29.0 Å². The number of methoxy groups -OCH3 is 1. The van der Waals surface area contributed by atoms with Gasteiger partial charge in [-0.05, 0) is 77.1 Å². The Hall–Kier alpha value is -4.16. The lowest BCUT2D eigenvalue weighted by Crippen LogP contribution is -2.30. The summed E-state index contributed by atoms with van der Waals surface area (Å²) >= 11 is 5.89. The molecule has 0 bridgehead atoms. The van der Waals surface area contributed by atoms with Crippen LogP contribution in [0.25, 0.3) is 16.5 Å². The van der Waals surface area contributed by atoms with Crippen LogP contribution in [-0.2, 0) is 6.54 Å². The molecule has 6 rings (SSSR count). The molecule has 2 atom stereocenters. The average Bonchev–Trinajstić information content (AvgIpc) is 3.54. The Bertz CT molecular complexity index is 1510. The highest BCUT2D eigenvalue weighted by Gasteiger charge is 2.41. The summed E-state index contributed by atoms with van der Waals surface area (Å²) in [5.41, 5.74) is 4.40. The van der Waals surface area contributed by atoms with E-state index in [1.807, 2.05) is 30.5 Å². The Morgan fingerprint density at radius 1 is 0.889 bits per heavy atom. The Morgan fingerprint density at radius 3 is 2.47 bits per heavy atom. The van der Waals surface area contributed by atoms with Gasteiger partial charge < -0.3 is 19.5 Å². The van der Waals surface area contributed by atoms with Gasteiger partial charge in [0, 0.05) is 30.3 Å². The second-order valence-electron chi connectivity index (χ2n) is 8.94. The van der Waals surface area contributed by atoms with Crippen molar-refractivity contribution in [1.29, 1.82) is 0 Å². The Balaban J connectivity index is 1.43. The van der Waals surface area contributed by atoms with E-state index in [0.29, 0.717) is 6.54 Å². The number of ether oxygens (including phenoxy) is 1. The zero-order valence-corrected chi connectivity index (χ0v) is 20.7. The molecule has 178 valence electrons. The van der Waals surface area contributed by atoms with Crippen LogP contribution < -0.4 is 10.1 Å². The number of thiocarbonyl (C=S) groups is 1. The molecule has 2 aromatic heterocycles. The second-order valence-corrected chi connectivity index (χ2v) is 9.32. The Labute approximate surface area is 216 Å². The number of benzene rings is 3. The molecule has 5 nitrogen and oxygen atoms in total. The van der Waals surface area contributed by atoms with Gasteiger partial charge in [-0.2, -0.15) is 0 Å². The third-order valence-corrected chi connectivity index (χ3v) is 7.16. The van der Waals surface area contributed by atoms with Gasteiger partial charge in [-0.15, -0.1) is 0 Å². The lowest BCUT2D eigenvalue weighted by Gasteiger charge is -2.29. The van der Waals surface area contributed by atoms with E-state index in [1.165, 1.54) is 10.8 Å². The molecule has 1 fully saturated rings. The van der Waals surface area contributed by atoms with Crippen molar-refractivity contribution >= 4 is 28.1 Å². The van der Waals surface area contributed by atoms with Crippen molar-refractivity contribution in [2.75, 3.05) is 7.11 Å². The quantitative estimate of drug-likeness (QED) is 0.287. The smallest absolute Gasteiger partial charge is 0.170 e. The highest BCUT2D eigenvalue weighted by atomic mass is 32.1. The topological polar surface area (TPSA) is 42.3 Å². The van der Waals surface area contributed by atoms with Crippen molar-refractivity contribution in [3.8, 4) is 11.4 Å². The van der Waals surface area contributed by atoms with Crippen molar-refractivity contribution < 1.29 is 4.74 Å². The van der Waals surface area contributed by atoms with Crippen LogP contribution in [-0.4, -0.2) is 26.7 Å². The standard InChI is InChI=1S/C30H26N4OS/c1-35-25-15-11-21(12-16-25)20-34-29(28(32-30(34)36)26-9-4-5-17-31-26)27-10-6-18-33(27)24-14-13-22-7-2-3-8-23(22)19-24/h2-19,28-29H,20H2,1H3,(H,32,36). The van der Waals surface area contributed by atoms with E-state index in [0.717, 1.165) is 33.5 Å². The molecule has 0 aliphatic carbocycles. The van der Waals surface area contributed by atoms with Gasteiger partial charge in [-0.25, -0.2) is 0 Å². The van der Waals surface area contributed by atoms with Gasteiger partial charge in [-0.3, -0.25) is 4.98 Å². The minimum absolute atomic E-state index is 0.0454. The fourth-order valence-electron chi connectivity index (χ4n) is 5.02. The molecule has 1 aliphatic heterocycles. The van der Waals surface area contributed by atoms with Crippen molar-refractivity contribution in [1.82, 2.24) is 19.8 Å². The maximum Gasteiger partial charge on any atom is 0.170 e. The van der Waals surface area contributed by atoms with Crippen molar-refractivity contribution in [2.24, 2.45) is 0 Å². The minimum atomic E-state index is -0.0777. The van der Waals surface area contributed by atoms with Gasteiger partial charge >= 0.3 is 0 Å². The molecule has 1 aliphatic rings. The number of pyridine rings is 1. The Morgan fingerprint density at radius 2 is 1.69 bits per heavy atom. The molecule has 3 aromatic carbocycles. The van der Waals surface area contributed by atoms with Gasteiger partial charge in [0.1, 0.15) is 5.75 Å². The highest BCUT2D eigenvalue weighted by Crippen LogP contribution is 2.40. The average molecular weight is 491 g/mol. The minimum Gasteiger partial charge on any atom is -0.497 e. The number of aromatic nitrogens is 2. The van der Waals surface area contributed by atoms with Crippen LogP contribution in [0.4, 0.5) is 0 Å². The number of hydrogen-bond acceptors (Lipinski definition) is 3.